The standard InChI is InChI=1S/C25H38O2/c1-5-6-7-16(2)23-22(27)15-21-19-9-8-17-14-18(26)10-12-24(17,3)20(19)11-13-25(21,23)4/h8,16,19-21,23H,5-7,9-15H2,1-4H3. The van der Waals surface area contributed by atoms with E-state index in [1.54, 1.807) is 0 Å². The van der Waals surface area contributed by atoms with E-state index < -0.39 is 0 Å². The zero-order valence-corrected chi connectivity index (χ0v) is 17.9. The molecule has 0 aromatic rings. The number of hydrogen-bond donors (Lipinski definition) is 0. The normalized spacial score (nSPS) is 45.0. The molecule has 0 heterocycles. The first kappa shape index (κ1) is 19.4. The molecule has 0 saturated heterocycles. The minimum Gasteiger partial charge on any atom is -0.299 e. The van der Waals surface area contributed by atoms with Crippen molar-refractivity contribution in [2.75, 3.05) is 0 Å². The lowest BCUT2D eigenvalue weighted by molar-refractivity contribution is -0.125. The molecule has 150 valence electrons. The van der Waals surface area contributed by atoms with Crippen LogP contribution in [0.2, 0.25) is 0 Å². The van der Waals surface area contributed by atoms with Gasteiger partial charge in [0.1, 0.15) is 11.6 Å². The van der Waals surface area contributed by atoms with E-state index in [0.717, 1.165) is 25.7 Å². The van der Waals surface area contributed by atoms with E-state index in [9.17, 15) is 9.59 Å². The molecule has 3 saturated carbocycles. The second-order valence-corrected chi connectivity index (χ2v) is 10.8. The Morgan fingerprint density at radius 1 is 1.19 bits per heavy atom. The molecule has 3 fully saturated rings. The lowest BCUT2D eigenvalue weighted by atomic mass is 9.47. The van der Waals surface area contributed by atoms with Gasteiger partial charge in [0.25, 0.3) is 0 Å². The molecule has 4 aliphatic carbocycles. The van der Waals surface area contributed by atoms with E-state index in [2.05, 4.69) is 33.8 Å². The number of unbranched alkanes of at least 4 members (excludes halogenated alkanes) is 1. The van der Waals surface area contributed by atoms with Crippen LogP contribution < -0.4 is 0 Å². The van der Waals surface area contributed by atoms with Crippen LogP contribution in [0, 0.1) is 40.4 Å². The lowest BCUT2D eigenvalue weighted by Gasteiger charge is -2.57. The Bertz CT molecular complexity index is 661. The molecule has 0 aromatic carbocycles. The number of carbonyl (C=O) groups excluding carboxylic acids is 2. The molecule has 7 atom stereocenters. The highest BCUT2D eigenvalue weighted by Gasteiger charge is 2.61. The second-order valence-electron chi connectivity index (χ2n) is 10.8. The van der Waals surface area contributed by atoms with Crippen LogP contribution in [0.5, 0.6) is 0 Å². The van der Waals surface area contributed by atoms with Crippen molar-refractivity contribution in [3.63, 3.8) is 0 Å². The summed E-state index contributed by atoms with van der Waals surface area (Å²) in [5.74, 6) is 3.69. The molecule has 0 N–H and O–H groups in total. The van der Waals surface area contributed by atoms with Gasteiger partial charge in [-0.2, -0.15) is 0 Å². The van der Waals surface area contributed by atoms with E-state index in [0.29, 0.717) is 41.7 Å². The van der Waals surface area contributed by atoms with Gasteiger partial charge in [0.2, 0.25) is 0 Å². The number of fused-ring (bicyclic) bond motifs is 5. The highest BCUT2D eigenvalue weighted by Crippen LogP contribution is 2.66. The van der Waals surface area contributed by atoms with Gasteiger partial charge in [0.15, 0.2) is 0 Å². The van der Waals surface area contributed by atoms with E-state index in [-0.39, 0.29) is 16.7 Å². The Morgan fingerprint density at radius 2 is 1.96 bits per heavy atom. The van der Waals surface area contributed by atoms with Crippen LogP contribution >= 0.6 is 0 Å². The van der Waals surface area contributed by atoms with E-state index >= 15 is 0 Å². The van der Waals surface area contributed by atoms with Crippen LogP contribution in [0.4, 0.5) is 0 Å². The van der Waals surface area contributed by atoms with Gasteiger partial charge in [-0.3, -0.25) is 9.59 Å². The van der Waals surface area contributed by atoms with Crippen molar-refractivity contribution >= 4 is 11.6 Å². The smallest absolute Gasteiger partial charge is 0.137 e. The van der Waals surface area contributed by atoms with Crippen molar-refractivity contribution < 1.29 is 9.59 Å². The van der Waals surface area contributed by atoms with Gasteiger partial charge in [-0.25, -0.2) is 0 Å². The highest BCUT2D eigenvalue weighted by molar-refractivity contribution is 5.85. The van der Waals surface area contributed by atoms with Gasteiger partial charge >= 0.3 is 0 Å². The Hall–Kier alpha value is -0.920. The fourth-order valence-corrected chi connectivity index (χ4v) is 7.97. The predicted octanol–water partition coefficient (Wildman–Crippen LogP) is 6.14. The van der Waals surface area contributed by atoms with Crippen LogP contribution in [-0.4, -0.2) is 11.6 Å². The summed E-state index contributed by atoms with van der Waals surface area (Å²) >= 11 is 0. The van der Waals surface area contributed by atoms with E-state index in [1.165, 1.54) is 37.7 Å². The molecule has 4 aliphatic rings. The molecule has 2 heteroatoms. The van der Waals surface area contributed by atoms with Crippen LogP contribution in [0.15, 0.2) is 11.6 Å². The molecule has 0 aromatic heterocycles. The summed E-state index contributed by atoms with van der Waals surface area (Å²) in [7, 11) is 0. The molecule has 0 aliphatic heterocycles. The minimum absolute atomic E-state index is 0.206. The topological polar surface area (TPSA) is 34.1 Å². The quantitative estimate of drug-likeness (QED) is 0.557. The first-order chi connectivity index (χ1) is 12.8. The average molecular weight is 371 g/mol. The van der Waals surface area contributed by atoms with Gasteiger partial charge in [-0.1, -0.05) is 58.6 Å². The van der Waals surface area contributed by atoms with Crippen molar-refractivity contribution in [3.05, 3.63) is 11.6 Å². The van der Waals surface area contributed by atoms with Crippen molar-refractivity contribution in [1.82, 2.24) is 0 Å². The first-order valence-corrected chi connectivity index (χ1v) is 11.5. The zero-order chi connectivity index (χ0) is 19.4. The maximum atomic E-state index is 13.2. The Balaban J connectivity index is 1.62. The fraction of sp³-hybridized carbons (Fsp3) is 0.840. The summed E-state index contributed by atoms with van der Waals surface area (Å²) in [5, 5.41) is 0. The molecular weight excluding hydrogens is 332 g/mol. The molecule has 0 radical (unpaired) electrons. The third-order valence-electron chi connectivity index (χ3n) is 9.43. The Labute approximate surface area is 165 Å². The molecule has 0 spiro atoms. The number of Topliss-reactive ketones (excluding diaryl/α,β-unsaturated/α-hetero) is 2. The molecule has 2 nitrogen and oxygen atoms in total. The minimum atomic E-state index is 0.206. The van der Waals surface area contributed by atoms with Crippen LogP contribution in [-0.2, 0) is 9.59 Å². The maximum absolute atomic E-state index is 13.2. The summed E-state index contributed by atoms with van der Waals surface area (Å²) in [6.07, 6.45) is 13.0. The third-order valence-corrected chi connectivity index (χ3v) is 9.43. The van der Waals surface area contributed by atoms with Gasteiger partial charge in [0, 0.05) is 25.2 Å². The number of allylic oxidation sites excluding steroid dienone is 2. The van der Waals surface area contributed by atoms with Gasteiger partial charge in [-0.05, 0) is 60.2 Å². The summed E-state index contributed by atoms with van der Waals surface area (Å²) in [6, 6.07) is 0. The summed E-state index contributed by atoms with van der Waals surface area (Å²) in [6.45, 7) is 9.48. The Kier molecular flexibility index (Phi) is 4.92. The van der Waals surface area contributed by atoms with Crippen molar-refractivity contribution in [1.29, 1.82) is 0 Å². The number of hydrogen-bond acceptors (Lipinski definition) is 2. The lowest BCUT2D eigenvalue weighted by Crippen LogP contribution is -2.50. The monoisotopic (exact) mass is 370 g/mol. The van der Waals surface area contributed by atoms with E-state index in [1.807, 2.05) is 0 Å². The molecule has 0 amide bonds. The summed E-state index contributed by atoms with van der Waals surface area (Å²) < 4.78 is 0. The third kappa shape index (κ3) is 2.88. The number of ketones is 2. The largest absolute Gasteiger partial charge is 0.299 e. The number of rotatable bonds is 4. The van der Waals surface area contributed by atoms with Crippen LogP contribution in [0.1, 0.15) is 91.9 Å². The van der Waals surface area contributed by atoms with Gasteiger partial charge < -0.3 is 0 Å². The molecule has 27 heavy (non-hydrogen) atoms. The molecule has 4 rings (SSSR count). The SMILES string of the molecule is CCCCC(C)C1C(=O)CC2C3CC=C4CC(=O)CCC4(C)C3CCC21C. The van der Waals surface area contributed by atoms with Crippen molar-refractivity contribution in [3.8, 4) is 0 Å². The van der Waals surface area contributed by atoms with Gasteiger partial charge in [0.05, 0.1) is 0 Å². The predicted molar refractivity (Wildman–Crippen MR) is 109 cm³/mol. The highest BCUT2D eigenvalue weighted by atomic mass is 16.1. The summed E-state index contributed by atoms with van der Waals surface area (Å²) in [4.78, 5) is 25.2. The van der Waals surface area contributed by atoms with Gasteiger partial charge in [-0.15, -0.1) is 0 Å². The molecule has 0 bridgehead atoms. The van der Waals surface area contributed by atoms with Crippen molar-refractivity contribution in [2.24, 2.45) is 40.4 Å². The zero-order valence-electron chi connectivity index (χ0n) is 17.9. The summed E-state index contributed by atoms with van der Waals surface area (Å²) in [5.41, 5.74) is 1.85. The first-order valence-electron chi connectivity index (χ1n) is 11.5. The average Bonchev–Trinajstić information content (AvgIpc) is 2.90. The fourth-order valence-electron chi connectivity index (χ4n) is 7.97. The molecular formula is C25H38O2. The maximum Gasteiger partial charge on any atom is 0.137 e. The van der Waals surface area contributed by atoms with E-state index in [4.69, 9.17) is 0 Å². The van der Waals surface area contributed by atoms with Crippen LogP contribution in [0.25, 0.3) is 0 Å². The second kappa shape index (κ2) is 6.85. The van der Waals surface area contributed by atoms with Crippen LogP contribution in [0.3, 0.4) is 0 Å². The Morgan fingerprint density at radius 3 is 2.70 bits per heavy atom. The molecule has 7 unspecified atom stereocenters. The van der Waals surface area contributed by atoms with Crippen molar-refractivity contribution in [2.45, 2.75) is 91.9 Å². The number of carbonyl (C=O) groups is 2.